The normalized spacial score (nSPS) is 17.0. The maximum atomic E-state index is 12.9. The van der Waals surface area contributed by atoms with Crippen molar-refractivity contribution in [1.82, 2.24) is 10.3 Å². The van der Waals surface area contributed by atoms with Crippen LogP contribution in [-0.2, 0) is 9.59 Å². The van der Waals surface area contributed by atoms with Gasteiger partial charge in [-0.1, -0.05) is 40.2 Å². The van der Waals surface area contributed by atoms with Crippen LogP contribution in [0.4, 0.5) is 0 Å². The highest BCUT2D eigenvalue weighted by Gasteiger charge is 2.31. The quantitative estimate of drug-likeness (QED) is 0.459. The molecule has 0 saturated carbocycles. The van der Waals surface area contributed by atoms with Gasteiger partial charge in [-0.05, 0) is 30.4 Å². The van der Waals surface area contributed by atoms with Gasteiger partial charge in [-0.3, -0.25) is 14.6 Å². The van der Waals surface area contributed by atoms with Gasteiger partial charge in [0.1, 0.15) is 6.04 Å². The molecule has 0 spiro atoms. The van der Waals surface area contributed by atoms with Crippen molar-refractivity contribution in [2.45, 2.75) is 71.2 Å². The van der Waals surface area contributed by atoms with Crippen LogP contribution in [-0.4, -0.2) is 40.0 Å². The number of nitrogens with one attached hydrogen (secondary N) is 1. The molecule has 0 bridgehead atoms. The lowest BCUT2D eigenvalue weighted by Gasteiger charge is -2.25. The number of ketones is 1. The number of pyridine rings is 1. The summed E-state index contributed by atoms with van der Waals surface area (Å²) < 4.78 is 0. The highest BCUT2D eigenvalue weighted by molar-refractivity contribution is 5.93. The van der Waals surface area contributed by atoms with Crippen LogP contribution < -0.4 is 16.8 Å². The first-order valence-electron chi connectivity index (χ1n) is 9.60. The fourth-order valence-electron chi connectivity index (χ4n) is 2.83. The summed E-state index contributed by atoms with van der Waals surface area (Å²) in [5, 5.41) is 12.9. The fourth-order valence-corrected chi connectivity index (χ4v) is 2.83. The molecular formula is C20H34N4O3. The summed E-state index contributed by atoms with van der Waals surface area (Å²) in [6.07, 6.45) is 1.76. The van der Waals surface area contributed by atoms with Crippen molar-refractivity contribution >= 4 is 11.7 Å². The van der Waals surface area contributed by atoms with Gasteiger partial charge < -0.3 is 21.9 Å². The minimum Gasteiger partial charge on any atom is -0.391 e. The zero-order valence-corrected chi connectivity index (χ0v) is 16.8. The number of rotatable bonds is 11. The van der Waals surface area contributed by atoms with Crippen molar-refractivity contribution < 1.29 is 14.7 Å². The SMILES string of the molecule is CC[C@H](C)[C@H](N)C(=O)C(NC(=O)C[C@H](O)[C@@H](N)CC(C)C)c1ccccn1. The summed E-state index contributed by atoms with van der Waals surface area (Å²) in [7, 11) is 0. The topological polar surface area (TPSA) is 131 Å². The third-order valence-corrected chi connectivity index (χ3v) is 4.79. The Hall–Kier alpha value is -1.83. The van der Waals surface area contributed by atoms with Crippen LogP contribution in [0.2, 0.25) is 0 Å². The number of aromatic nitrogens is 1. The minimum atomic E-state index is -0.977. The monoisotopic (exact) mass is 378 g/mol. The number of amides is 1. The van der Waals surface area contributed by atoms with Crippen molar-refractivity contribution in [2.24, 2.45) is 23.3 Å². The van der Waals surface area contributed by atoms with Crippen molar-refractivity contribution in [3.8, 4) is 0 Å². The van der Waals surface area contributed by atoms with Gasteiger partial charge in [-0.2, -0.15) is 0 Å². The summed E-state index contributed by atoms with van der Waals surface area (Å²) in [6, 6.07) is 2.99. The van der Waals surface area contributed by atoms with E-state index in [0.29, 0.717) is 18.0 Å². The molecule has 1 rings (SSSR count). The van der Waals surface area contributed by atoms with Crippen LogP contribution in [0, 0.1) is 11.8 Å². The molecule has 1 amide bonds. The van der Waals surface area contributed by atoms with E-state index in [9.17, 15) is 14.7 Å². The highest BCUT2D eigenvalue weighted by Crippen LogP contribution is 2.18. The lowest BCUT2D eigenvalue weighted by molar-refractivity contribution is -0.130. The van der Waals surface area contributed by atoms with Gasteiger partial charge >= 0.3 is 0 Å². The average molecular weight is 379 g/mol. The Morgan fingerprint density at radius 2 is 1.89 bits per heavy atom. The van der Waals surface area contributed by atoms with E-state index >= 15 is 0 Å². The molecule has 27 heavy (non-hydrogen) atoms. The van der Waals surface area contributed by atoms with Crippen LogP contribution in [0.15, 0.2) is 24.4 Å². The van der Waals surface area contributed by atoms with Gasteiger partial charge in [-0.15, -0.1) is 0 Å². The molecule has 0 aliphatic heterocycles. The molecule has 0 fully saturated rings. The van der Waals surface area contributed by atoms with Gasteiger partial charge in [0.2, 0.25) is 5.91 Å². The molecule has 0 saturated heterocycles. The predicted molar refractivity (Wildman–Crippen MR) is 106 cm³/mol. The molecule has 1 aromatic heterocycles. The first-order chi connectivity index (χ1) is 12.7. The summed E-state index contributed by atoms with van der Waals surface area (Å²) in [5.74, 6) is -0.459. The third kappa shape index (κ3) is 7.36. The number of carbonyl (C=O) groups is 2. The van der Waals surface area contributed by atoms with E-state index in [1.54, 1.807) is 24.4 Å². The molecule has 7 heteroatoms. The number of nitrogens with two attached hydrogens (primary N) is 2. The van der Waals surface area contributed by atoms with Crippen LogP contribution >= 0.6 is 0 Å². The van der Waals surface area contributed by atoms with Gasteiger partial charge in [0.25, 0.3) is 0 Å². The number of nitrogens with zero attached hydrogens (tertiary/aromatic N) is 1. The van der Waals surface area contributed by atoms with E-state index in [2.05, 4.69) is 10.3 Å². The third-order valence-electron chi connectivity index (χ3n) is 4.79. The molecule has 1 aromatic rings. The van der Waals surface area contributed by atoms with Crippen LogP contribution in [0.3, 0.4) is 0 Å². The number of hydrogen-bond acceptors (Lipinski definition) is 6. The first kappa shape index (κ1) is 23.2. The lowest BCUT2D eigenvalue weighted by atomic mass is 9.91. The smallest absolute Gasteiger partial charge is 0.223 e. The molecule has 0 aliphatic carbocycles. The number of carbonyl (C=O) groups excluding carboxylic acids is 2. The molecule has 152 valence electrons. The molecule has 1 heterocycles. The van der Waals surface area contributed by atoms with E-state index in [-0.39, 0.29) is 18.1 Å². The molecule has 0 aliphatic rings. The second-order valence-corrected chi connectivity index (χ2v) is 7.63. The minimum absolute atomic E-state index is 0.0225. The highest BCUT2D eigenvalue weighted by atomic mass is 16.3. The lowest BCUT2D eigenvalue weighted by Crippen LogP contribution is -2.47. The van der Waals surface area contributed by atoms with Crippen molar-refractivity contribution in [3.63, 3.8) is 0 Å². The average Bonchev–Trinajstić information content (AvgIpc) is 2.64. The van der Waals surface area contributed by atoms with E-state index in [1.165, 1.54) is 0 Å². The summed E-state index contributed by atoms with van der Waals surface area (Å²) in [5.41, 5.74) is 12.5. The maximum absolute atomic E-state index is 12.9. The van der Waals surface area contributed by atoms with E-state index in [0.717, 1.165) is 6.42 Å². The molecule has 5 atom stereocenters. The van der Waals surface area contributed by atoms with Crippen LogP contribution in [0.1, 0.15) is 58.7 Å². The second-order valence-electron chi connectivity index (χ2n) is 7.63. The number of aliphatic hydroxyl groups is 1. The Kier molecular flexibility index (Phi) is 9.55. The van der Waals surface area contributed by atoms with Crippen LogP contribution in [0.5, 0.6) is 0 Å². The van der Waals surface area contributed by atoms with Gasteiger partial charge in [0.05, 0.1) is 24.3 Å². The molecular weight excluding hydrogens is 344 g/mol. The summed E-state index contributed by atoms with van der Waals surface area (Å²) in [4.78, 5) is 29.5. The van der Waals surface area contributed by atoms with E-state index in [1.807, 2.05) is 27.7 Å². The standard InChI is InChI=1S/C20H34N4O3/c1-5-13(4)18(22)20(27)19(15-8-6-7-9-23-15)24-17(26)11-16(25)14(21)10-12(2)3/h6-9,12-14,16,18-19,25H,5,10-11,21-22H2,1-4H3,(H,24,26)/t13-,14-,16-,18-,19?/m0/s1. The molecule has 0 aromatic carbocycles. The van der Waals surface area contributed by atoms with Crippen molar-refractivity contribution in [3.05, 3.63) is 30.1 Å². The van der Waals surface area contributed by atoms with Gasteiger partial charge in [0.15, 0.2) is 5.78 Å². The van der Waals surface area contributed by atoms with Crippen molar-refractivity contribution in [1.29, 1.82) is 0 Å². The zero-order chi connectivity index (χ0) is 20.6. The Morgan fingerprint density at radius 3 is 2.41 bits per heavy atom. The van der Waals surface area contributed by atoms with Crippen molar-refractivity contribution in [2.75, 3.05) is 0 Å². The van der Waals surface area contributed by atoms with E-state index < -0.39 is 30.1 Å². The predicted octanol–water partition coefficient (Wildman–Crippen LogP) is 1.31. The molecule has 0 radical (unpaired) electrons. The Morgan fingerprint density at radius 1 is 1.22 bits per heavy atom. The second kappa shape index (κ2) is 11.1. The number of Topliss-reactive ketones (excluding diaryl/α,β-unsaturated/α-hetero) is 1. The number of aliphatic hydroxyl groups excluding tert-OH is 1. The zero-order valence-electron chi connectivity index (χ0n) is 16.8. The molecule has 6 N–H and O–H groups in total. The molecule has 7 nitrogen and oxygen atoms in total. The fraction of sp³-hybridized carbons (Fsp3) is 0.650. The summed E-state index contributed by atoms with van der Waals surface area (Å²) >= 11 is 0. The summed E-state index contributed by atoms with van der Waals surface area (Å²) in [6.45, 7) is 7.85. The van der Waals surface area contributed by atoms with Crippen LogP contribution in [0.25, 0.3) is 0 Å². The van der Waals surface area contributed by atoms with Gasteiger partial charge in [-0.25, -0.2) is 0 Å². The Labute approximate surface area is 161 Å². The molecule has 1 unspecified atom stereocenters. The first-order valence-corrected chi connectivity index (χ1v) is 9.60. The number of hydrogen-bond donors (Lipinski definition) is 4. The van der Waals surface area contributed by atoms with E-state index in [4.69, 9.17) is 11.5 Å². The van der Waals surface area contributed by atoms with Gasteiger partial charge in [0, 0.05) is 12.2 Å². The Bertz CT molecular complexity index is 594. The maximum Gasteiger partial charge on any atom is 0.223 e. The largest absolute Gasteiger partial charge is 0.391 e. The Balaban J connectivity index is 2.88.